The first kappa shape index (κ1) is 21.2. The van der Waals surface area contributed by atoms with E-state index in [4.69, 9.17) is 16.3 Å². The monoisotopic (exact) mass is 464 g/mol. The number of anilines is 1. The van der Waals surface area contributed by atoms with E-state index in [1.54, 1.807) is 25.1 Å². The van der Waals surface area contributed by atoms with Crippen molar-refractivity contribution in [3.05, 3.63) is 53.1 Å². The maximum absolute atomic E-state index is 12.3. The zero-order chi connectivity index (χ0) is 21.5. The summed E-state index contributed by atoms with van der Waals surface area (Å²) in [6.07, 6.45) is 0.272. The number of thioether (sulfide) groups is 1. The number of amidine groups is 1. The molecule has 30 heavy (non-hydrogen) atoms. The van der Waals surface area contributed by atoms with Crippen LogP contribution in [0.5, 0.6) is 11.5 Å². The molecule has 2 heterocycles. The number of carbonyl (C=O) groups is 1. The van der Waals surface area contributed by atoms with E-state index in [1.165, 1.54) is 11.8 Å². The Labute approximate surface area is 185 Å². The van der Waals surface area contributed by atoms with Crippen molar-refractivity contribution in [1.82, 2.24) is 0 Å². The van der Waals surface area contributed by atoms with Gasteiger partial charge in [-0.15, -0.1) is 0 Å². The van der Waals surface area contributed by atoms with Crippen LogP contribution in [0.25, 0.3) is 0 Å². The molecule has 6 nitrogen and oxygen atoms in total. The lowest BCUT2D eigenvalue weighted by Crippen LogP contribution is -2.38. The van der Waals surface area contributed by atoms with Crippen LogP contribution >= 0.6 is 23.4 Å². The summed E-state index contributed by atoms with van der Waals surface area (Å²) in [6.45, 7) is 3.72. The van der Waals surface area contributed by atoms with E-state index in [0.29, 0.717) is 27.4 Å². The molecule has 0 radical (unpaired) electrons. The van der Waals surface area contributed by atoms with Gasteiger partial charge in [0.25, 0.3) is 0 Å². The number of aliphatic imine (C=N–C) groups is 1. The maximum atomic E-state index is 12.3. The smallest absolute Gasteiger partial charge is 0.247 e. The summed E-state index contributed by atoms with van der Waals surface area (Å²) in [4.78, 5) is 18.1. The van der Waals surface area contributed by atoms with Crippen LogP contribution in [0.4, 0.5) is 5.69 Å². The fraction of sp³-hybridized carbons (Fsp3) is 0.333. The average molecular weight is 465 g/mol. The normalized spacial score (nSPS) is 23.6. The summed E-state index contributed by atoms with van der Waals surface area (Å²) >= 11 is 7.62. The van der Waals surface area contributed by atoms with Crippen molar-refractivity contribution in [3.8, 4) is 11.5 Å². The second-order valence-electron chi connectivity index (χ2n) is 7.34. The van der Waals surface area contributed by atoms with Crippen molar-refractivity contribution >= 4 is 50.0 Å². The third-order valence-electron chi connectivity index (χ3n) is 4.99. The first-order chi connectivity index (χ1) is 14.3. The topological polar surface area (TPSA) is 76.0 Å². The molecule has 2 unspecified atom stereocenters. The highest BCUT2D eigenvalue weighted by Crippen LogP contribution is 2.45. The van der Waals surface area contributed by atoms with Gasteiger partial charge in [0, 0.05) is 16.7 Å². The third-order valence-corrected chi connectivity index (χ3v) is 8.43. The minimum Gasteiger partial charge on any atom is -0.455 e. The van der Waals surface area contributed by atoms with E-state index >= 15 is 0 Å². The van der Waals surface area contributed by atoms with E-state index in [-0.39, 0.29) is 35.1 Å². The second kappa shape index (κ2) is 8.24. The zero-order valence-corrected chi connectivity index (χ0v) is 18.9. The van der Waals surface area contributed by atoms with Gasteiger partial charge in [0.1, 0.15) is 5.75 Å². The number of fused-ring (bicyclic) bond motifs is 1. The Bertz CT molecular complexity index is 1130. The minimum absolute atomic E-state index is 0.000397. The standard InChI is InChI=1S/C21H21ClN2O4S2/c1-3-20(25)23-21-24(17-11-30(26,27)12-19(17)29-21)16-10-14(22)7-8-18(16)28-15-6-4-5-13(2)9-15/h4-10,17,19H,3,11-12H2,1-2H3. The summed E-state index contributed by atoms with van der Waals surface area (Å²) in [6, 6.07) is 12.5. The lowest BCUT2D eigenvalue weighted by molar-refractivity contribution is -0.117. The number of benzene rings is 2. The Morgan fingerprint density at radius 2 is 2.07 bits per heavy atom. The molecule has 2 aromatic carbocycles. The van der Waals surface area contributed by atoms with Crippen LogP contribution in [0.2, 0.25) is 5.02 Å². The van der Waals surface area contributed by atoms with Crippen molar-refractivity contribution in [2.45, 2.75) is 31.6 Å². The predicted molar refractivity (Wildman–Crippen MR) is 122 cm³/mol. The number of sulfone groups is 1. The molecule has 2 saturated heterocycles. The Kier molecular flexibility index (Phi) is 5.83. The molecule has 2 fully saturated rings. The molecule has 2 aliphatic heterocycles. The zero-order valence-electron chi connectivity index (χ0n) is 16.5. The number of ether oxygens (including phenoxy) is 1. The van der Waals surface area contributed by atoms with Gasteiger partial charge in [-0.1, -0.05) is 42.4 Å². The van der Waals surface area contributed by atoms with Crippen molar-refractivity contribution in [2.24, 2.45) is 4.99 Å². The highest BCUT2D eigenvalue weighted by atomic mass is 35.5. The molecule has 0 aliphatic carbocycles. The van der Waals surface area contributed by atoms with E-state index in [2.05, 4.69) is 4.99 Å². The van der Waals surface area contributed by atoms with Gasteiger partial charge in [-0.3, -0.25) is 4.79 Å². The van der Waals surface area contributed by atoms with Crippen LogP contribution in [0.3, 0.4) is 0 Å². The molecular formula is C21H21ClN2O4S2. The van der Waals surface area contributed by atoms with Gasteiger partial charge >= 0.3 is 0 Å². The highest BCUT2D eigenvalue weighted by molar-refractivity contribution is 8.16. The first-order valence-corrected chi connectivity index (χ1v) is 12.7. The van der Waals surface area contributed by atoms with Crippen LogP contribution in [0.15, 0.2) is 47.5 Å². The Hall–Kier alpha value is -2.03. The van der Waals surface area contributed by atoms with Crippen molar-refractivity contribution in [1.29, 1.82) is 0 Å². The summed E-state index contributed by atoms with van der Waals surface area (Å²) < 4.78 is 30.7. The molecule has 0 saturated carbocycles. The van der Waals surface area contributed by atoms with Gasteiger partial charge in [0.05, 0.1) is 23.2 Å². The lowest BCUT2D eigenvalue weighted by atomic mass is 10.2. The predicted octanol–water partition coefficient (Wildman–Crippen LogP) is 4.45. The maximum Gasteiger partial charge on any atom is 0.247 e. The number of aryl methyl sites for hydroxylation is 1. The number of halogens is 1. The second-order valence-corrected chi connectivity index (χ2v) is 11.1. The van der Waals surface area contributed by atoms with Crippen molar-refractivity contribution in [2.75, 3.05) is 16.4 Å². The molecule has 158 valence electrons. The summed E-state index contributed by atoms with van der Waals surface area (Å²) in [5.74, 6) is 0.984. The molecule has 2 atom stereocenters. The molecule has 2 aliphatic rings. The molecular weight excluding hydrogens is 444 g/mol. The Morgan fingerprint density at radius 1 is 1.27 bits per heavy atom. The van der Waals surface area contributed by atoms with Crippen LogP contribution in [0.1, 0.15) is 18.9 Å². The van der Waals surface area contributed by atoms with E-state index in [1.807, 2.05) is 36.1 Å². The SMILES string of the molecule is CCC(=O)N=C1SC2CS(=O)(=O)CC2N1c1cc(Cl)ccc1Oc1cccc(C)c1. The summed E-state index contributed by atoms with van der Waals surface area (Å²) in [5.41, 5.74) is 1.65. The fourth-order valence-corrected chi connectivity index (χ4v) is 7.69. The molecule has 0 bridgehead atoms. The Balaban J connectivity index is 1.80. The van der Waals surface area contributed by atoms with Crippen molar-refractivity contribution in [3.63, 3.8) is 0 Å². The number of hydrogen-bond donors (Lipinski definition) is 0. The van der Waals surface area contributed by atoms with Crippen molar-refractivity contribution < 1.29 is 17.9 Å². The van der Waals surface area contributed by atoms with Crippen LogP contribution in [0, 0.1) is 6.92 Å². The molecule has 0 N–H and O–H groups in total. The number of nitrogens with zero attached hydrogens (tertiary/aromatic N) is 2. The van der Waals surface area contributed by atoms with Gasteiger partial charge in [-0.05, 0) is 42.8 Å². The van der Waals surface area contributed by atoms with Gasteiger partial charge in [0.2, 0.25) is 5.91 Å². The quantitative estimate of drug-likeness (QED) is 0.665. The van der Waals surface area contributed by atoms with Crippen LogP contribution in [-0.2, 0) is 14.6 Å². The third kappa shape index (κ3) is 4.36. The average Bonchev–Trinajstić information content (AvgIpc) is 3.14. The largest absolute Gasteiger partial charge is 0.455 e. The molecule has 1 amide bonds. The number of hydrogen-bond acceptors (Lipinski definition) is 5. The molecule has 9 heteroatoms. The van der Waals surface area contributed by atoms with Crippen LogP contribution in [-0.4, -0.2) is 42.3 Å². The summed E-state index contributed by atoms with van der Waals surface area (Å²) in [5, 5.41) is 0.782. The number of amides is 1. The molecule has 0 spiro atoms. The van der Waals surface area contributed by atoms with Gasteiger partial charge in [-0.25, -0.2) is 8.42 Å². The van der Waals surface area contributed by atoms with E-state index in [9.17, 15) is 13.2 Å². The van der Waals surface area contributed by atoms with Gasteiger partial charge in [-0.2, -0.15) is 4.99 Å². The van der Waals surface area contributed by atoms with Gasteiger partial charge in [0.15, 0.2) is 20.8 Å². The summed E-state index contributed by atoms with van der Waals surface area (Å²) in [7, 11) is -3.17. The molecule has 0 aromatic heterocycles. The van der Waals surface area contributed by atoms with Crippen LogP contribution < -0.4 is 9.64 Å². The Morgan fingerprint density at radius 3 is 2.80 bits per heavy atom. The lowest BCUT2D eigenvalue weighted by Gasteiger charge is -2.26. The van der Waals surface area contributed by atoms with E-state index < -0.39 is 9.84 Å². The van der Waals surface area contributed by atoms with E-state index in [0.717, 1.165) is 5.56 Å². The molecule has 4 rings (SSSR count). The molecule has 2 aromatic rings. The minimum atomic E-state index is -3.17. The number of rotatable bonds is 4. The first-order valence-electron chi connectivity index (χ1n) is 9.57. The highest BCUT2D eigenvalue weighted by Gasteiger charge is 2.50. The van der Waals surface area contributed by atoms with Gasteiger partial charge < -0.3 is 9.64 Å². The fourth-order valence-electron chi connectivity index (χ4n) is 3.60. The number of carbonyl (C=O) groups excluding carboxylic acids is 1.